The first-order valence-electron chi connectivity index (χ1n) is 5.79. The Kier molecular flexibility index (Phi) is 3.70. The van der Waals surface area contributed by atoms with Gasteiger partial charge in [-0.15, -0.1) is 0 Å². The van der Waals surface area contributed by atoms with Crippen LogP contribution >= 0.6 is 0 Å². The van der Waals surface area contributed by atoms with E-state index in [-0.39, 0.29) is 12.4 Å². The molecule has 0 fully saturated rings. The Morgan fingerprint density at radius 3 is 2.67 bits per heavy atom. The van der Waals surface area contributed by atoms with Crippen molar-refractivity contribution in [1.29, 1.82) is 0 Å². The molecule has 0 aromatic carbocycles. The fourth-order valence-electron chi connectivity index (χ4n) is 1.70. The molecule has 0 unspecified atom stereocenters. The normalized spacial score (nSPS) is 11.6. The number of nitrogens with one attached hydrogen (secondary N) is 2. The highest BCUT2D eigenvalue weighted by Gasteiger charge is 2.23. The number of anilines is 1. The lowest BCUT2D eigenvalue weighted by Gasteiger charge is -2.09. The molecule has 114 valence electrons. The number of aromatic amines is 1. The van der Waals surface area contributed by atoms with Crippen molar-refractivity contribution in [3.05, 3.63) is 38.8 Å². The number of aromatic nitrogens is 4. The van der Waals surface area contributed by atoms with E-state index >= 15 is 0 Å². The summed E-state index contributed by atoms with van der Waals surface area (Å²) in [5.74, 6) is 0.0772. The topological polar surface area (TPSA) is 145 Å². The number of aryl methyl sites for hydroxylation is 1. The van der Waals surface area contributed by atoms with Gasteiger partial charge in [0.2, 0.25) is 0 Å². The maximum Gasteiger partial charge on any atom is 0.330 e. The SMILES string of the molecule is Cn1cc(S(=O)(=O)Nc2[nH]ncc2CN)c(=O)n(C)c1=O. The Morgan fingerprint density at radius 1 is 1.38 bits per heavy atom. The van der Waals surface area contributed by atoms with E-state index < -0.39 is 26.2 Å². The first kappa shape index (κ1) is 15.0. The Balaban J connectivity index is 2.56. The fourth-order valence-corrected chi connectivity index (χ4v) is 2.92. The van der Waals surface area contributed by atoms with Crippen molar-refractivity contribution in [2.75, 3.05) is 4.72 Å². The van der Waals surface area contributed by atoms with E-state index in [4.69, 9.17) is 5.73 Å². The summed E-state index contributed by atoms with van der Waals surface area (Å²) in [5, 5.41) is 6.12. The monoisotopic (exact) mass is 314 g/mol. The quantitative estimate of drug-likeness (QED) is 0.599. The number of hydrogen-bond acceptors (Lipinski definition) is 6. The third-order valence-corrected chi connectivity index (χ3v) is 4.21. The molecule has 2 aromatic heterocycles. The molecule has 0 bridgehead atoms. The van der Waals surface area contributed by atoms with Crippen LogP contribution in [-0.2, 0) is 30.7 Å². The van der Waals surface area contributed by atoms with E-state index in [1.165, 1.54) is 20.3 Å². The smallest absolute Gasteiger partial charge is 0.326 e. The van der Waals surface area contributed by atoms with Gasteiger partial charge in [-0.3, -0.25) is 19.2 Å². The number of hydrogen-bond donors (Lipinski definition) is 3. The summed E-state index contributed by atoms with van der Waals surface area (Å²) in [4.78, 5) is 23.0. The molecular weight excluding hydrogens is 300 g/mol. The number of rotatable bonds is 4. The molecule has 4 N–H and O–H groups in total. The van der Waals surface area contributed by atoms with Crippen LogP contribution < -0.4 is 21.7 Å². The zero-order valence-corrected chi connectivity index (χ0v) is 12.1. The van der Waals surface area contributed by atoms with E-state index in [1.807, 2.05) is 0 Å². The lowest BCUT2D eigenvalue weighted by molar-refractivity contribution is 0.589. The molecule has 0 atom stereocenters. The van der Waals surface area contributed by atoms with Crippen LogP contribution in [0.5, 0.6) is 0 Å². The zero-order chi connectivity index (χ0) is 15.8. The third-order valence-electron chi connectivity index (χ3n) is 2.88. The summed E-state index contributed by atoms with van der Waals surface area (Å²) in [6.45, 7) is 0.0691. The van der Waals surface area contributed by atoms with Crippen LogP contribution in [0, 0.1) is 0 Å². The Hall–Kier alpha value is -2.40. The fraction of sp³-hybridized carbons (Fsp3) is 0.300. The lowest BCUT2D eigenvalue weighted by atomic mass is 10.3. The van der Waals surface area contributed by atoms with Gasteiger partial charge in [-0.25, -0.2) is 13.2 Å². The van der Waals surface area contributed by atoms with E-state index in [2.05, 4.69) is 14.9 Å². The average Bonchev–Trinajstić information content (AvgIpc) is 2.86. The van der Waals surface area contributed by atoms with Gasteiger partial charge in [-0.1, -0.05) is 0 Å². The standard InChI is InChI=1S/C10H14N6O4S/c1-15-5-7(9(17)16(2)10(15)18)21(19,20)14-8-6(3-11)4-12-13-8/h4-5H,3,11H2,1-2H3,(H2,12,13,14). The molecule has 0 aliphatic heterocycles. The second-order valence-electron chi connectivity index (χ2n) is 4.33. The second-order valence-corrected chi connectivity index (χ2v) is 5.98. The molecule has 21 heavy (non-hydrogen) atoms. The molecule has 0 spiro atoms. The highest BCUT2D eigenvalue weighted by Crippen LogP contribution is 2.14. The zero-order valence-electron chi connectivity index (χ0n) is 11.3. The van der Waals surface area contributed by atoms with E-state index in [9.17, 15) is 18.0 Å². The van der Waals surface area contributed by atoms with Crippen molar-refractivity contribution in [2.45, 2.75) is 11.4 Å². The van der Waals surface area contributed by atoms with Crippen LogP contribution in [0.1, 0.15) is 5.56 Å². The van der Waals surface area contributed by atoms with Gasteiger partial charge in [0.15, 0.2) is 4.90 Å². The maximum absolute atomic E-state index is 12.3. The van der Waals surface area contributed by atoms with Crippen LogP contribution in [-0.4, -0.2) is 27.7 Å². The van der Waals surface area contributed by atoms with Gasteiger partial charge in [-0.2, -0.15) is 5.10 Å². The van der Waals surface area contributed by atoms with Crippen molar-refractivity contribution < 1.29 is 8.42 Å². The van der Waals surface area contributed by atoms with Crippen LogP contribution in [0.15, 0.2) is 26.9 Å². The van der Waals surface area contributed by atoms with Crippen molar-refractivity contribution in [1.82, 2.24) is 19.3 Å². The van der Waals surface area contributed by atoms with E-state index in [1.54, 1.807) is 0 Å². The van der Waals surface area contributed by atoms with Gasteiger partial charge in [0.25, 0.3) is 15.6 Å². The van der Waals surface area contributed by atoms with Crippen molar-refractivity contribution in [2.24, 2.45) is 19.8 Å². The van der Waals surface area contributed by atoms with Gasteiger partial charge >= 0.3 is 5.69 Å². The predicted octanol–water partition coefficient (Wildman–Crippen LogP) is -1.93. The van der Waals surface area contributed by atoms with Crippen molar-refractivity contribution in [3.8, 4) is 0 Å². The predicted molar refractivity (Wildman–Crippen MR) is 74.2 cm³/mol. The number of nitrogens with two attached hydrogens (primary N) is 1. The number of H-pyrrole nitrogens is 1. The number of sulfonamides is 1. The average molecular weight is 314 g/mol. The minimum Gasteiger partial charge on any atom is -0.326 e. The summed E-state index contributed by atoms with van der Waals surface area (Å²) in [6.07, 6.45) is 2.34. The van der Waals surface area contributed by atoms with Gasteiger partial charge in [-0.05, 0) is 0 Å². The highest BCUT2D eigenvalue weighted by molar-refractivity contribution is 7.92. The molecule has 0 saturated carbocycles. The molecule has 2 heterocycles. The van der Waals surface area contributed by atoms with Crippen LogP contribution in [0.3, 0.4) is 0 Å². The minimum atomic E-state index is -4.18. The highest BCUT2D eigenvalue weighted by atomic mass is 32.2. The van der Waals surface area contributed by atoms with Gasteiger partial charge in [0.1, 0.15) is 5.82 Å². The van der Waals surface area contributed by atoms with E-state index in [0.717, 1.165) is 10.8 Å². The van der Waals surface area contributed by atoms with Crippen molar-refractivity contribution in [3.63, 3.8) is 0 Å². The summed E-state index contributed by atoms with van der Waals surface area (Å²) in [5.41, 5.74) is 4.35. The summed E-state index contributed by atoms with van der Waals surface area (Å²) < 4.78 is 28.5. The minimum absolute atomic E-state index is 0.0691. The summed E-state index contributed by atoms with van der Waals surface area (Å²) >= 11 is 0. The Morgan fingerprint density at radius 2 is 2.05 bits per heavy atom. The molecule has 0 aliphatic rings. The second kappa shape index (κ2) is 5.18. The van der Waals surface area contributed by atoms with E-state index in [0.29, 0.717) is 10.1 Å². The molecule has 0 saturated heterocycles. The van der Waals surface area contributed by atoms with Crippen molar-refractivity contribution >= 4 is 15.8 Å². The third kappa shape index (κ3) is 2.60. The molecule has 0 radical (unpaired) electrons. The van der Waals surface area contributed by atoms with Gasteiger partial charge in [0, 0.05) is 32.4 Å². The molecular formula is C10H14N6O4S. The summed E-state index contributed by atoms with van der Waals surface area (Å²) in [7, 11) is -1.63. The molecule has 2 aromatic rings. The molecule has 2 rings (SSSR count). The Labute approximate surface area is 119 Å². The molecule has 10 nitrogen and oxygen atoms in total. The lowest BCUT2D eigenvalue weighted by Crippen LogP contribution is -2.40. The van der Waals surface area contributed by atoms with Crippen LogP contribution in [0.2, 0.25) is 0 Å². The molecule has 0 amide bonds. The molecule has 0 aliphatic carbocycles. The number of nitrogens with zero attached hydrogens (tertiary/aromatic N) is 3. The largest absolute Gasteiger partial charge is 0.330 e. The van der Waals surface area contributed by atoms with Gasteiger partial charge in [0.05, 0.1) is 6.20 Å². The first-order chi connectivity index (χ1) is 9.77. The summed E-state index contributed by atoms with van der Waals surface area (Å²) in [6, 6.07) is 0. The Bertz CT molecular complexity index is 891. The first-order valence-corrected chi connectivity index (χ1v) is 7.28. The maximum atomic E-state index is 12.3. The van der Waals surface area contributed by atoms with Crippen LogP contribution in [0.4, 0.5) is 5.82 Å². The molecule has 11 heteroatoms. The van der Waals surface area contributed by atoms with Crippen LogP contribution in [0.25, 0.3) is 0 Å². The van der Waals surface area contributed by atoms with Gasteiger partial charge < -0.3 is 10.3 Å².